The quantitative estimate of drug-likeness (QED) is 0.511. The summed E-state index contributed by atoms with van der Waals surface area (Å²) in [4.78, 5) is 4.27. The average molecular weight is 241 g/mol. The molecule has 2 unspecified atom stereocenters. The molecule has 0 saturated heterocycles. The van der Waals surface area contributed by atoms with Crippen molar-refractivity contribution in [2.24, 2.45) is 5.84 Å². The summed E-state index contributed by atoms with van der Waals surface area (Å²) >= 11 is 0. The first-order valence-corrected chi connectivity index (χ1v) is 6.17. The second-order valence-electron chi connectivity index (χ2n) is 4.04. The van der Waals surface area contributed by atoms with Crippen molar-refractivity contribution in [3.05, 3.63) is 12.2 Å². The topological polar surface area (TPSA) is 78.0 Å². The number of aryl methyl sites for hydroxylation is 1. The standard InChI is InChI=1S/C11H23N5O/c1-4-6-16-11(13-8-14-16)7-10(15-12)9(3)17-5-2/h8-10,15H,4-7,12H2,1-3H3. The summed E-state index contributed by atoms with van der Waals surface area (Å²) in [6, 6.07) is 0.0507. The van der Waals surface area contributed by atoms with Crippen LogP contribution in [0.15, 0.2) is 6.33 Å². The normalized spacial score (nSPS) is 14.8. The van der Waals surface area contributed by atoms with Gasteiger partial charge in [-0.05, 0) is 20.3 Å². The van der Waals surface area contributed by atoms with Gasteiger partial charge in [-0.3, -0.25) is 16.0 Å². The summed E-state index contributed by atoms with van der Waals surface area (Å²) in [5.74, 6) is 6.50. The van der Waals surface area contributed by atoms with Gasteiger partial charge < -0.3 is 4.74 Å². The summed E-state index contributed by atoms with van der Waals surface area (Å²) in [6.07, 6.45) is 3.40. The summed E-state index contributed by atoms with van der Waals surface area (Å²) in [5, 5.41) is 4.19. The third-order valence-corrected chi connectivity index (χ3v) is 2.74. The van der Waals surface area contributed by atoms with E-state index in [0.29, 0.717) is 6.61 Å². The molecule has 0 amide bonds. The van der Waals surface area contributed by atoms with Gasteiger partial charge in [0.1, 0.15) is 12.2 Å². The molecule has 0 aliphatic carbocycles. The Hall–Kier alpha value is -0.980. The van der Waals surface area contributed by atoms with Crippen LogP contribution < -0.4 is 11.3 Å². The molecular weight excluding hydrogens is 218 g/mol. The SMILES string of the molecule is CCCn1ncnc1CC(NN)C(C)OCC. The van der Waals surface area contributed by atoms with E-state index in [4.69, 9.17) is 10.6 Å². The maximum atomic E-state index is 5.56. The fraction of sp³-hybridized carbons (Fsp3) is 0.818. The smallest absolute Gasteiger partial charge is 0.138 e. The van der Waals surface area contributed by atoms with Gasteiger partial charge in [0.15, 0.2) is 0 Å². The molecule has 3 N–H and O–H groups in total. The van der Waals surface area contributed by atoms with Crippen molar-refractivity contribution in [1.82, 2.24) is 20.2 Å². The van der Waals surface area contributed by atoms with E-state index in [1.165, 1.54) is 0 Å². The first-order valence-electron chi connectivity index (χ1n) is 6.17. The van der Waals surface area contributed by atoms with Gasteiger partial charge in [0.2, 0.25) is 0 Å². The van der Waals surface area contributed by atoms with E-state index in [-0.39, 0.29) is 12.1 Å². The molecule has 0 spiro atoms. The Morgan fingerprint density at radius 2 is 2.29 bits per heavy atom. The van der Waals surface area contributed by atoms with Crippen LogP contribution in [-0.2, 0) is 17.7 Å². The number of hydrogen-bond acceptors (Lipinski definition) is 5. The van der Waals surface area contributed by atoms with Gasteiger partial charge in [0.25, 0.3) is 0 Å². The summed E-state index contributed by atoms with van der Waals surface area (Å²) in [7, 11) is 0. The molecule has 0 fully saturated rings. The maximum Gasteiger partial charge on any atom is 0.138 e. The van der Waals surface area contributed by atoms with Crippen molar-refractivity contribution in [3.63, 3.8) is 0 Å². The Morgan fingerprint density at radius 3 is 2.88 bits per heavy atom. The van der Waals surface area contributed by atoms with Gasteiger partial charge in [0, 0.05) is 19.6 Å². The van der Waals surface area contributed by atoms with Gasteiger partial charge >= 0.3 is 0 Å². The first kappa shape index (κ1) is 14.1. The first-order chi connectivity index (χ1) is 8.22. The molecule has 1 aromatic rings. The minimum Gasteiger partial charge on any atom is -0.377 e. The highest BCUT2D eigenvalue weighted by Crippen LogP contribution is 2.06. The molecule has 1 heterocycles. The Bertz CT molecular complexity index is 315. The van der Waals surface area contributed by atoms with Crippen LogP contribution in [0.1, 0.15) is 33.0 Å². The highest BCUT2D eigenvalue weighted by Gasteiger charge is 2.19. The molecule has 0 aromatic carbocycles. The minimum absolute atomic E-state index is 0.0507. The number of nitrogens with two attached hydrogens (primary N) is 1. The van der Waals surface area contributed by atoms with E-state index in [9.17, 15) is 0 Å². The highest BCUT2D eigenvalue weighted by atomic mass is 16.5. The zero-order valence-electron chi connectivity index (χ0n) is 10.9. The van der Waals surface area contributed by atoms with Crippen LogP contribution in [0.2, 0.25) is 0 Å². The molecule has 0 aliphatic heterocycles. The minimum atomic E-state index is 0.0507. The van der Waals surface area contributed by atoms with Gasteiger partial charge in [-0.2, -0.15) is 5.10 Å². The molecule has 0 saturated carbocycles. The summed E-state index contributed by atoms with van der Waals surface area (Å²) in [5.41, 5.74) is 2.79. The number of rotatable bonds is 8. The fourth-order valence-corrected chi connectivity index (χ4v) is 1.78. The van der Waals surface area contributed by atoms with E-state index in [0.717, 1.165) is 25.2 Å². The summed E-state index contributed by atoms with van der Waals surface area (Å²) < 4.78 is 7.46. The second-order valence-corrected chi connectivity index (χ2v) is 4.04. The number of nitrogens with one attached hydrogen (secondary N) is 1. The molecule has 0 bridgehead atoms. The van der Waals surface area contributed by atoms with Crippen LogP contribution in [0.4, 0.5) is 0 Å². The zero-order valence-corrected chi connectivity index (χ0v) is 10.9. The molecule has 6 nitrogen and oxygen atoms in total. The molecule has 6 heteroatoms. The molecule has 0 aliphatic rings. The van der Waals surface area contributed by atoms with Crippen molar-refractivity contribution in [1.29, 1.82) is 0 Å². The lowest BCUT2D eigenvalue weighted by Crippen LogP contribution is -2.45. The fourth-order valence-electron chi connectivity index (χ4n) is 1.78. The maximum absolute atomic E-state index is 5.56. The molecule has 98 valence electrons. The molecule has 2 atom stereocenters. The Labute approximate surface area is 103 Å². The number of hydrogen-bond donors (Lipinski definition) is 2. The molecular formula is C11H23N5O. The second kappa shape index (κ2) is 7.37. The highest BCUT2D eigenvalue weighted by molar-refractivity contribution is 4.91. The van der Waals surface area contributed by atoms with Crippen LogP contribution >= 0.6 is 0 Å². The van der Waals surface area contributed by atoms with Gasteiger partial charge in [-0.1, -0.05) is 6.92 Å². The lowest BCUT2D eigenvalue weighted by molar-refractivity contribution is 0.0468. The van der Waals surface area contributed by atoms with Crippen molar-refractivity contribution in [3.8, 4) is 0 Å². The van der Waals surface area contributed by atoms with Crippen LogP contribution in [0.25, 0.3) is 0 Å². The molecule has 17 heavy (non-hydrogen) atoms. The third kappa shape index (κ3) is 4.07. The Balaban J connectivity index is 2.63. The van der Waals surface area contributed by atoms with E-state index >= 15 is 0 Å². The van der Waals surface area contributed by atoms with E-state index in [1.807, 2.05) is 18.5 Å². The van der Waals surface area contributed by atoms with Crippen LogP contribution in [0.3, 0.4) is 0 Å². The van der Waals surface area contributed by atoms with Crippen molar-refractivity contribution in [2.45, 2.75) is 52.3 Å². The van der Waals surface area contributed by atoms with Crippen molar-refractivity contribution < 1.29 is 4.74 Å². The van der Waals surface area contributed by atoms with Crippen molar-refractivity contribution in [2.75, 3.05) is 6.61 Å². The number of ether oxygens (including phenoxy) is 1. The summed E-state index contributed by atoms with van der Waals surface area (Å²) in [6.45, 7) is 7.67. The third-order valence-electron chi connectivity index (χ3n) is 2.74. The van der Waals surface area contributed by atoms with E-state index in [1.54, 1.807) is 6.33 Å². The van der Waals surface area contributed by atoms with E-state index < -0.39 is 0 Å². The number of nitrogens with zero attached hydrogens (tertiary/aromatic N) is 3. The van der Waals surface area contributed by atoms with Gasteiger partial charge in [-0.15, -0.1) is 0 Å². The predicted octanol–water partition coefficient (Wildman–Crippen LogP) is 0.488. The van der Waals surface area contributed by atoms with Crippen LogP contribution in [-0.4, -0.2) is 33.5 Å². The monoisotopic (exact) mass is 241 g/mol. The van der Waals surface area contributed by atoms with Crippen molar-refractivity contribution >= 4 is 0 Å². The van der Waals surface area contributed by atoms with Gasteiger partial charge in [-0.25, -0.2) is 4.98 Å². The van der Waals surface area contributed by atoms with Crippen LogP contribution in [0.5, 0.6) is 0 Å². The molecule has 1 rings (SSSR count). The molecule has 1 aromatic heterocycles. The average Bonchev–Trinajstić information content (AvgIpc) is 2.74. The Morgan fingerprint density at radius 1 is 1.53 bits per heavy atom. The van der Waals surface area contributed by atoms with E-state index in [2.05, 4.69) is 22.4 Å². The lowest BCUT2D eigenvalue weighted by Gasteiger charge is -2.22. The van der Waals surface area contributed by atoms with Gasteiger partial charge in [0.05, 0.1) is 12.1 Å². The Kier molecular flexibility index (Phi) is 6.10. The predicted molar refractivity (Wildman–Crippen MR) is 66.2 cm³/mol. The molecule has 0 radical (unpaired) electrons. The van der Waals surface area contributed by atoms with Crippen LogP contribution in [0, 0.1) is 0 Å². The number of hydrazine groups is 1. The zero-order chi connectivity index (χ0) is 12.7. The number of aromatic nitrogens is 3. The lowest BCUT2D eigenvalue weighted by atomic mass is 10.1. The largest absolute Gasteiger partial charge is 0.377 e.